The summed E-state index contributed by atoms with van der Waals surface area (Å²) in [5.41, 5.74) is 2.88. The zero-order valence-electron chi connectivity index (χ0n) is 11.7. The van der Waals surface area contributed by atoms with Gasteiger partial charge in [-0.3, -0.25) is 9.59 Å². The number of amides is 1. The Morgan fingerprint density at radius 3 is 2.58 bits per heavy atom. The van der Waals surface area contributed by atoms with E-state index in [1.807, 2.05) is 39.0 Å². The van der Waals surface area contributed by atoms with Gasteiger partial charge in [-0.25, -0.2) is 0 Å². The van der Waals surface area contributed by atoms with E-state index in [-0.39, 0.29) is 12.3 Å². The lowest BCUT2D eigenvalue weighted by molar-refractivity contribution is -0.140. The highest BCUT2D eigenvalue weighted by Crippen LogP contribution is 2.20. The lowest BCUT2D eigenvalue weighted by atomic mass is 9.98. The van der Waals surface area contributed by atoms with Gasteiger partial charge in [0.2, 0.25) is 5.91 Å². The molecule has 1 unspecified atom stereocenters. The van der Waals surface area contributed by atoms with Gasteiger partial charge < -0.3 is 10.4 Å². The Kier molecular flexibility index (Phi) is 5.55. The first-order chi connectivity index (χ1) is 8.95. The second kappa shape index (κ2) is 6.92. The highest BCUT2D eigenvalue weighted by Gasteiger charge is 2.21. The number of hydrogen-bond acceptors (Lipinski definition) is 2. The summed E-state index contributed by atoms with van der Waals surface area (Å²) in [5, 5.41) is 11.7. The fraction of sp³-hybridized carbons (Fsp3) is 0.467. The monoisotopic (exact) mass is 263 g/mol. The number of carboxylic acid groups (broad SMARTS) is 1. The van der Waals surface area contributed by atoms with Gasteiger partial charge in [0, 0.05) is 11.6 Å². The second-order valence-electron chi connectivity index (χ2n) is 4.82. The van der Waals surface area contributed by atoms with Gasteiger partial charge in [0.05, 0.1) is 6.42 Å². The summed E-state index contributed by atoms with van der Waals surface area (Å²) < 4.78 is 0. The van der Waals surface area contributed by atoms with Crippen LogP contribution in [0.5, 0.6) is 0 Å². The molecule has 19 heavy (non-hydrogen) atoms. The lowest BCUT2D eigenvalue weighted by Gasteiger charge is -2.16. The third kappa shape index (κ3) is 4.39. The van der Waals surface area contributed by atoms with Gasteiger partial charge >= 0.3 is 5.97 Å². The molecule has 0 aliphatic rings. The van der Waals surface area contributed by atoms with E-state index in [0.29, 0.717) is 6.42 Å². The SMILES string of the molecule is CCCC(CC(=O)O)C(=O)Nc1cccc(C)c1C. The minimum Gasteiger partial charge on any atom is -0.481 e. The van der Waals surface area contributed by atoms with Crippen LogP contribution in [0.2, 0.25) is 0 Å². The number of anilines is 1. The molecular formula is C15H21NO3. The smallest absolute Gasteiger partial charge is 0.304 e. The maximum atomic E-state index is 12.1. The van der Waals surface area contributed by atoms with Crippen LogP contribution in [0.4, 0.5) is 5.69 Å². The summed E-state index contributed by atoms with van der Waals surface area (Å²) in [6, 6.07) is 5.69. The molecule has 4 nitrogen and oxygen atoms in total. The zero-order chi connectivity index (χ0) is 14.4. The molecule has 0 saturated heterocycles. The molecular weight excluding hydrogens is 242 g/mol. The first kappa shape index (κ1) is 15.2. The van der Waals surface area contributed by atoms with E-state index >= 15 is 0 Å². The number of aryl methyl sites for hydroxylation is 1. The molecule has 0 saturated carbocycles. The Bertz CT molecular complexity index is 468. The summed E-state index contributed by atoms with van der Waals surface area (Å²) in [6.07, 6.45) is 1.26. The Hall–Kier alpha value is -1.84. The minimum atomic E-state index is -0.936. The number of benzene rings is 1. The fourth-order valence-electron chi connectivity index (χ4n) is 2.01. The van der Waals surface area contributed by atoms with Crippen LogP contribution < -0.4 is 5.32 Å². The maximum Gasteiger partial charge on any atom is 0.304 e. The molecule has 4 heteroatoms. The minimum absolute atomic E-state index is 0.120. The van der Waals surface area contributed by atoms with Gasteiger partial charge in [-0.15, -0.1) is 0 Å². The molecule has 0 fully saturated rings. The Balaban J connectivity index is 2.81. The highest BCUT2D eigenvalue weighted by atomic mass is 16.4. The molecule has 2 N–H and O–H groups in total. The summed E-state index contributed by atoms with van der Waals surface area (Å²) in [5.74, 6) is -1.62. The van der Waals surface area contributed by atoms with E-state index in [1.165, 1.54) is 0 Å². The summed E-state index contributed by atoms with van der Waals surface area (Å²) in [7, 11) is 0. The molecule has 1 amide bonds. The van der Waals surface area contributed by atoms with E-state index in [2.05, 4.69) is 5.32 Å². The summed E-state index contributed by atoms with van der Waals surface area (Å²) >= 11 is 0. The maximum absolute atomic E-state index is 12.1. The van der Waals surface area contributed by atoms with Crippen molar-refractivity contribution in [3.63, 3.8) is 0 Å². The van der Waals surface area contributed by atoms with Gasteiger partial charge in [0.25, 0.3) is 0 Å². The molecule has 1 atom stereocenters. The molecule has 0 aromatic heterocycles. The van der Waals surface area contributed by atoms with Crippen LogP contribution in [0, 0.1) is 19.8 Å². The molecule has 104 valence electrons. The molecule has 1 rings (SSSR count). The predicted octanol–water partition coefficient (Wildman–Crippen LogP) is 3.13. The normalized spacial score (nSPS) is 11.9. The predicted molar refractivity (Wildman–Crippen MR) is 75.2 cm³/mol. The fourth-order valence-corrected chi connectivity index (χ4v) is 2.01. The highest BCUT2D eigenvalue weighted by molar-refractivity contribution is 5.95. The molecule has 0 bridgehead atoms. The molecule has 0 spiro atoms. The third-order valence-corrected chi connectivity index (χ3v) is 3.29. The number of hydrogen-bond donors (Lipinski definition) is 2. The van der Waals surface area contributed by atoms with Gasteiger partial charge in [0.15, 0.2) is 0 Å². The summed E-state index contributed by atoms with van der Waals surface area (Å²) in [4.78, 5) is 22.9. The number of carbonyl (C=O) groups excluding carboxylic acids is 1. The van der Waals surface area contributed by atoms with E-state index in [9.17, 15) is 9.59 Å². The number of aliphatic carboxylic acids is 1. The zero-order valence-corrected chi connectivity index (χ0v) is 11.7. The van der Waals surface area contributed by atoms with E-state index in [0.717, 1.165) is 23.2 Å². The summed E-state index contributed by atoms with van der Waals surface area (Å²) in [6.45, 7) is 5.86. The average molecular weight is 263 g/mol. The van der Waals surface area contributed by atoms with Crippen molar-refractivity contribution >= 4 is 17.6 Å². The standard InChI is InChI=1S/C15H21NO3/c1-4-6-12(9-14(17)18)15(19)16-13-8-5-7-10(2)11(13)3/h5,7-8,12H,4,6,9H2,1-3H3,(H,16,19)(H,17,18). The van der Waals surface area contributed by atoms with Crippen molar-refractivity contribution in [2.45, 2.75) is 40.0 Å². The first-order valence-electron chi connectivity index (χ1n) is 6.54. The Morgan fingerprint density at radius 2 is 2.00 bits per heavy atom. The van der Waals surface area contributed by atoms with Gasteiger partial charge in [-0.2, -0.15) is 0 Å². The Morgan fingerprint density at radius 1 is 1.32 bits per heavy atom. The molecule has 1 aromatic carbocycles. The van der Waals surface area contributed by atoms with Crippen molar-refractivity contribution in [3.05, 3.63) is 29.3 Å². The van der Waals surface area contributed by atoms with Crippen LogP contribution >= 0.6 is 0 Å². The van der Waals surface area contributed by atoms with Crippen molar-refractivity contribution in [3.8, 4) is 0 Å². The quantitative estimate of drug-likeness (QED) is 0.828. The van der Waals surface area contributed by atoms with Crippen molar-refractivity contribution in [2.75, 3.05) is 5.32 Å². The lowest BCUT2D eigenvalue weighted by Crippen LogP contribution is -2.25. The number of nitrogens with one attached hydrogen (secondary N) is 1. The largest absolute Gasteiger partial charge is 0.481 e. The topological polar surface area (TPSA) is 66.4 Å². The molecule has 0 radical (unpaired) electrons. The second-order valence-corrected chi connectivity index (χ2v) is 4.82. The van der Waals surface area contributed by atoms with Crippen molar-refractivity contribution in [2.24, 2.45) is 5.92 Å². The van der Waals surface area contributed by atoms with E-state index < -0.39 is 11.9 Å². The Labute approximate surface area is 113 Å². The number of carboxylic acids is 1. The van der Waals surface area contributed by atoms with Crippen molar-refractivity contribution in [1.29, 1.82) is 0 Å². The van der Waals surface area contributed by atoms with Crippen LogP contribution in [0.1, 0.15) is 37.3 Å². The average Bonchev–Trinajstić information content (AvgIpc) is 2.34. The number of rotatable bonds is 6. The van der Waals surface area contributed by atoms with Gasteiger partial charge in [0.1, 0.15) is 0 Å². The van der Waals surface area contributed by atoms with Crippen molar-refractivity contribution < 1.29 is 14.7 Å². The van der Waals surface area contributed by atoms with Gasteiger partial charge in [-0.05, 0) is 37.5 Å². The van der Waals surface area contributed by atoms with Crippen LogP contribution in [-0.4, -0.2) is 17.0 Å². The van der Waals surface area contributed by atoms with Crippen LogP contribution in [0.25, 0.3) is 0 Å². The van der Waals surface area contributed by atoms with Crippen LogP contribution in [-0.2, 0) is 9.59 Å². The first-order valence-corrected chi connectivity index (χ1v) is 6.54. The number of carbonyl (C=O) groups is 2. The van der Waals surface area contributed by atoms with E-state index in [4.69, 9.17) is 5.11 Å². The molecule has 1 aromatic rings. The van der Waals surface area contributed by atoms with Crippen LogP contribution in [0.3, 0.4) is 0 Å². The van der Waals surface area contributed by atoms with Crippen LogP contribution in [0.15, 0.2) is 18.2 Å². The molecule has 0 aliphatic heterocycles. The van der Waals surface area contributed by atoms with Crippen molar-refractivity contribution in [1.82, 2.24) is 0 Å². The molecule has 0 aliphatic carbocycles. The van der Waals surface area contributed by atoms with E-state index in [1.54, 1.807) is 0 Å². The third-order valence-electron chi connectivity index (χ3n) is 3.29. The van der Waals surface area contributed by atoms with Gasteiger partial charge in [-0.1, -0.05) is 25.5 Å². The molecule has 0 heterocycles.